The van der Waals surface area contributed by atoms with Gasteiger partial charge in [-0.15, -0.1) is 0 Å². The van der Waals surface area contributed by atoms with Crippen molar-refractivity contribution in [2.45, 2.75) is 0 Å². The Morgan fingerprint density at radius 2 is 1.59 bits per heavy atom. The molecule has 0 heterocycles. The molecule has 0 bridgehead atoms. The molecule has 0 radical (unpaired) electrons. The van der Waals surface area contributed by atoms with Crippen LogP contribution in [0.1, 0.15) is 5.56 Å². The Labute approximate surface area is 157 Å². The maximum absolute atomic E-state index is 12.0. The van der Waals surface area contributed by atoms with Crippen LogP contribution in [0.4, 0.5) is 5.69 Å². The Balaban J connectivity index is 1.87. The lowest BCUT2D eigenvalue weighted by Gasteiger charge is -2.09. The first-order valence-corrected chi connectivity index (χ1v) is 8.06. The summed E-state index contributed by atoms with van der Waals surface area (Å²) in [6.45, 7) is -0.416. The summed E-state index contributed by atoms with van der Waals surface area (Å²) in [5, 5.41) is 2.62. The average Bonchev–Trinajstić information content (AvgIpc) is 2.70. The number of ether oxygens (including phenoxy) is 4. The van der Waals surface area contributed by atoms with Gasteiger partial charge in [0.25, 0.3) is 5.91 Å². The Morgan fingerprint density at radius 3 is 2.22 bits per heavy atom. The zero-order chi connectivity index (χ0) is 19.6. The van der Waals surface area contributed by atoms with Gasteiger partial charge in [0.15, 0.2) is 6.61 Å². The van der Waals surface area contributed by atoms with Crippen LogP contribution in [0.25, 0.3) is 6.08 Å². The van der Waals surface area contributed by atoms with Gasteiger partial charge in [0.1, 0.15) is 17.2 Å². The largest absolute Gasteiger partial charge is 0.497 e. The highest BCUT2D eigenvalue weighted by Gasteiger charge is 2.08. The molecule has 0 atom stereocenters. The van der Waals surface area contributed by atoms with E-state index in [1.54, 1.807) is 49.6 Å². The number of hydrogen-bond donors (Lipinski definition) is 1. The van der Waals surface area contributed by atoms with E-state index in [9.17, 15) is 9.59 Å². The molecule has 0 saturated carbocycles. The van der Waals surface area contributed by atoms with Crippen molar-refractivity contribution in [1.29, 1.82) is 0 Å². The van der Waals surface area contributed by atoms with Crippen molar-refractivity contribution in [3.8, 4) is 17.2 Å². The number of methoxy groups -OCH3 is 3. The maximum atomic E-state index is 12.0. The van der Waals surface area contributed by atoms with Crippen molar-refractivity contribution in [2.75, 3.05) is 33.3 Å². The minimum atomic E-state index is -0.629. The summed E-state index contributed by atoms with van der Waals surface area (Å²) in [7, 11) is 4.58. The molecule has 2 aromatic rings. The standard InChI is InChI=1S/C20H21NO6/c1-24-16-6-4-5-14(9-16)7-8-20(23)27-13-19(22)21-15-10-17(25-2)12-18(11-15)26-3/h4-12H,13H2,1-3H3,(H,21,22)/b8-7+. The minimum Gasteiger partial charge on any atom is -0.497 e. The highest BCUT2D eigenvalue weighted by molar-refractivity contribution is 5.95. The average molecular weight is 371 g/mol. The fourth-order valence-electron chi connectivity index (χ4n) is 2.17. The molecule has 0 aromatic heterocycles. The lowest BCUT2D eigenvalue weighted by molar-refractivity contribution is -0.142. The van der Waals surface area contributed by atoms with Crippen molar-refractivity contribution >= 4 is 23.6 Å². The van der Waals surface area contributed by atoms with Crippen LogP contribution in [-0.4, -0.2) is 39.8 Å². The van der Waals surface area contributed by atoms with E-state index >= 15 is 0 Å². The molecule has 0 fully saturated rings. The Hall–Kier alpha value is -3.48. The molecule has 142 valence electrons. The SMILES string of the molecule is COc1cccc(/C=C/C(=O)OCC(=O)Nc2cc(OC)cc(OC)c2)c1. The Bertz CT molecular complexity index is 809. The van der Waals surface area contributed by atoms with E-state index in [0.29, 0.717) is 22.9 Å². The van der Waals surface area contributed by atoms with Crippen LogP contribution in [0.3, 0.4) is 0 Å². The lowest BCUT2D eigenvalue weighted by atomic mass is 10.2. The van der Waals surface area contributed by atoms with Crippen LogP contribution in [0.5, 0.6) is 17.2 Å². The minimum absolute atomic E-state index is 0.416. The zero-order valence-electron chi connectivity index (χ0n) is 15.4. The molecule has 0 spiro atoms. The molecule has 7 heteroatoms. The van der Waals surface area contributed by atoms with Crippen molar-refractivity contribution in [3.05, 3.63) is 54.1 Å². The number of esters is 1. The number of rotatable bonds is 8. The number of benzene rings is 2. The molecule has 0 saturated heterocycles. The molecule has 0 aliphatic carbocycles. The maximum Gasteiger partial charge on any atom is 0.331 e. The van der Waals surface area contributed by atoms with Crippen LogP contribution in [0.15, 0.2) is 48.5 Å². The van der Waals surface area contributed by atoms with E-state index in [2.05, 4.69) is 5.32 Å². The predicted octanol–water partition coefficient (Wildman–Crippen LogP) is 2.91. The number of nitrogens with one attached hydrogen (secondary N) is 1. The summed E-state index contributed by atoms with van der Waals surface area (Å²) >= 11 is 0. The summed E-state index contributed by atoms with van der Waals surface area (Å²) < 4.78 is 20.3. The molecule has 0 aliphatic heterocycles. The molecule has 0 unspecified atom stereocenters. The van der Waals surface area contributed by atoms with Crippen molar-refractivity contribution in [2.24, 2.45) is 0 Å². The summed E-state index contributed by atoms with van der Waals surface area (Å²) in [5.74, 6) is 0.633. The van der Waals surface area contributed by atoms with Gasteiger partial charge in [-0.3, -0.25) is 4.79 Å². The van der Waals surface area contributed by atoms with E-state index < -0.39 is 18.5 Å². The molecular formula is C20H21NO6. The summed E-state index contributed by atoms with van der Waals surface area (Å²) in [5.41, 5.74) is 1.25. The summed E-state index contributed by atoms with van der Waals surface area (Å²) in [4.78, 5) is 23.7. The van der Waals surface area contributed by atoms with Gasteiger partial charge in [0.2, 0.25) is 0 Å². The van der Waals surface area contributed by atoms with Gasteiger partial charge in [-0.05, 0) is 23.8 Å². The van der Waals surface area contributed by atoms with Crippen LogP contribution in [0, 0.1) is 0 Å². The van der Waals surface area contributed by atoms with E-state index in [0.717, 1.165) is 5.56 Å². The van der Waals surface area contributed by atoms with Gasteiger partial charge in [0.05, 0.1) is 21.3 Å². The van der Waals surface area contributed by atoms with Crippen LogP contribution < -0.4 is 19.5 Å². The molecular weight excluding hydrogens is 350 g/mol. The summed E-state index contributed by atoms with van der Waals surface area (Å²) in [6.07, 6.45) is 2.83. The smallest absolute Gasteiger partial charge is 0.331 e. The van der Waals surface area contributed by atoms with Gasteiger partial charge in [-0.1, -0.05) is 12.1 Å². The first-order valence-electron chi connectivity index (χ1n) is 8.06. The topological polar surface area (TPSA) is 83.1 Å². The van der Waals surface area contributed by atoms with Gasteiger partial charge >= 0.3 is 5.97 Å². The van der Waals surface area contributed by atoms with Gasteiger partial charge in [-0.2, -0.15) is 0 Å². The van der Waals surface area contributed by atoms with Gasteiger partial charge < -0.3 is 24.3 Å². The second-order valence-electron chi connectivity index (χ2n) is 5.37. The molecule has 2 rings (SSSR count). The molecule has 7 nitrogen and oxygen atoms in total. The molecule has 27 heavy (non-hydrogen) atoms. The summed E-state index contributed by atoms with van der Waals surface area (Å²) in [6, 6.07) is 12.1. The highest BCUT2D eigenvalue weighted by Crippen LogP contribution is 2.25. The molecule has 1 amide bonds. The third kappa shape index (κ3) is 6.39. The first-order chi connectivity index (χ1) is 13.0. The Kier molecular flexibility index (Phi) is 7.25. The number of carbonyl (C=O) groups is 2. The van der Waals surface area contributed by atoms with Crippen LogP contribution in [-0.2, 0) is 14.3 Å². The first kappa shape index (κ1) is 19.8. The van der Waals surface area contributed by atoms with Crippen molar-refractivity contribution in [3.63, 3.8) is 0 Å². The molecule has 2 aromatic carbocycles. The second-order valence-corrected chi connectivity index (χ2v) is 5.37. The lowest BCUT2D eigenvalue weighted by Crippen LogP contribution is -2.20. The van der Waals surface area contributed by atoms with E-state index in [1.807, 2.05) is 6.07 Å². The predicted molar refractivity (Wildman–Crippen MR) is 101 cm³/mol. The number of hydrogen-bond acceptors (Lipinski definition) is 6. The number of amides is 1. The third-order valence-electron chi connectivity index (χ3n) is 3.49. The van der Waals surface area contributed by atoms with Crippen LogP contribution >= 0.6 is 0 Å². The van der Waals surface area contributed by atoms with E-state index in [-0.39, 0.29) is 0 Å². The molecule has 0 aliphatic rings. The number of carbonyl (C=O) groups excluding carboxylic acids is 2. The highest BCUT2D eigenvalue weighted by atomic mass is 16.5. The normalized spacial score (nSPS) is 10.3. The van der Waals surface area contributed by atoms with Gasteiger partial charge in [0, 0.05) is 30.0 Å². The van der Waals surface area contributed by atoms with Gasteiger partial charge in [-0.25, -0.2) is 4.79 Å². The van der Waals surface area contributed by atoms with Crippen molar-refractivity contribution in [1.82, 2.24) is 0 Å². The monoisotopic (exact) mass is 371 g/mol. The fraction of sp³-hybridized carbons (Fsp3) is 0.200. The number of anilines is 1. The van der Waals surface area contributed by atoms with E-state index in [4.69, 9.17) is 18.9 Å². The Morgan fingerprint density at radius 1 is 0.926 bits per heavy atom. The van der Waals surface area contributed by atoms with Crippen LogP contribution in [0.2, 0.25) is 0 Å². The quantitative estimate of drug-likeness (QED) is 0.567. The van der Waals surface area contributed by atoms with E-state index in [1.165, 1.54) is 20.3 Å². The molecule has 1 N–H and O–H groups in total. The zero-order valence-corrected chi connectivity index (χ0v) is 15.4. The van der Waals surface area contributed by atoms with Crippen molar-refractivity contribution < 1.29 is 28.5 Å². The second kappa shape index (κ2) is 9.86. The fourth-order valence-corrected chi connectivity index (χ4v) is 2.17. The third-order valence-corrected chi connectivity index (χ3v) is 3.49.